The lowest BCUT2D eigenvalue weighted by Crippen LogP contribution is -2.11. The molecule has 0 bridgehead atoms. The van der Waals surface area contributed by atoms with Crippen LogP contribution in [0.2, 0.25) is 0 Å². The van der Waals surface area contributed by atoms with Crippen LogP contribution in [0, 0.1) is 12.3 Å². The Kier molecular flexibility index (Phi) is 4.49. The topological polar surface area (TPSA) is 9.23 Å². The molecule has 0 N–H and O–H groups in total. The molecular formula is C19H24O. The lowest BCUT2D eigenvalue weighted by Gasteiger charge is -2.19. The first kappa shape index (κ1) is 14.6. The van der Waals surface area contributed by atoms with Gasteiger partial charge in [-0.3, -0.25) is 0 Å². The molecule has 1 heteroatoms. The largest absolute Gasteiger partial charge is 0.493 e. The molecule has 2 rings (SSSR count). The molecule has 0 aromatic heterocycles. The lowest BCUT2D eigenvalue weighted by molar-refractivity contribution is 0.244. The number of aryl methyl sites for hydroxylation is 1. The van der Waals surface area contributed by atoms with Crippen molar-refractivity contribution in [1.82, 2.24) is 0 Å². The van der Waals surface area contributed by atoms with Crippen molar-refractivity contribution in [3.63, 3.8) is 0 Å². The summed E-state index contributed by atoms with van der Waals surface area (Å²) >= 11 is 0. The van der Waals surface area contributed by atoms with Gasteiger partial charge in [-0.1, -0.05) is 68.8 Å². The van der Waals surface area contributed by atoms with E-state index in [9.17, 15) is 0 Å². The second-order valence-corrected chi connectivity index (χ2v) is 6.52. The molecule has 0 saturated carbocycles. The normalized spacial score (nSPS) is 11.4. The Morgan fingerprint density at radius 3 is 2.40 bits per heavy atom. The van der Waals surface area contributed by atoms with E-state index in [-0.39, 0.29) is 0 Å². The summed E-state index contributed by atoms with van der Waals surface area (Å²) in [6.45, 7) is 9.59. The highest BCUT2D eigenvalue weighted by atomic mass is 16.5. The van der Waals surface area contributed by atoms with Gasteiger partial charge < -0.3 is 4.74 Å². The molecule has 0 spiro atoms. The molecule has 0 aliphatic heterocycles. The van der Waals surface area contributed by atoms with E-state index in [0.29, 0.717) is 5.41 Å². The number of benzene rings is 2. The zero-order chi connectivity index (χ0) is 14.6. The van der Waals surface area contributed by atoms with Crippen molar-refractivity contribution < 1.29 is 4.74 Å². The molecule has 20 heavy (non-hydrogen) atoms. The summed E-state index contributed by atoms with van der Waals surface area (Å²) in [5.74, 6) is 0.974. The fourth-order valence-electron chi connectivity index (χ4n) is 2.11. The van der Waals surface area contributed by atoms with Crippen LogP contribution in [0.15, 0.2) is 48.5 Å². The minimum Gasteiger partial charge on any atom is -0.493 e. The van der Waals surface area contributed by atoms with Crippen LogP contribution in [0.3, 0.4) is 0 Å². The molecule has 2 aromatic rings. The quantitative estimate of drug-likeness (QED) is 0.713. The Labute approximate surface area is 122 Å². The van der Waals surface area contributed by atoms with Crippen molar-refractivity contribution >= 4 is 0 Å². The average Bonchev–Trinajstić information content (AvgIpc) is 2.38. The first-order valence-electron chi connectivity index (χ1n) is 7.25. The molecule has 0 fully saturated rings. The van der Waals surface area contributed by atoms with Crippen LogP contribution >= 0.6 is 0 Å². The fraction of sp³-hybridized carbons (Fsp3) is 0.368. The second-order valence-electron chi connectivity index (χ2n) is 6.52. The van der Waals surface area contributed by atoms with Crippen molar-refractivity contribution in [3.8, 4) is 16.9 Å². The van der Waals surface area contributed by atoms with Gasteiger partial charge in [-0.15, -0.1) is 0 Å². The molecule has 0 radical (unpaired) electrons. The van der Waals surface area contributed by atoms with Crippen LogP contribution in [0.25, 0.3) is 11.1 Å². The molecule has 1 nitrogen and oxygen atoms in total. The highest BCUT2D eigenvalue weighted by Gasteiger charge is 2.11. The van der Waals surface area contributed by atoms with Gasteiger partial charge in [0.25, 0.3) is 0 Å². The van der Waals surface area contributed by atoms with E-state index in [1.807, 2.05) is 6.07 Å². The highest BCUT2D eigenvalue weighted by molar-refractivity contribution is 5.70. The molecule has 106 valence electrons. The summed E-state index contributed by atoms with van der Waals surface area (Å²) in [4.78, 5) is 0. The molecular weight excluding hydrogens is 244 g/mol. The molecule has 0 saturated heterocycles. The van der Waals surface area contributed by atoms with E-state index >= 15 is 0 Å². The van der Waals surface area contributed by atoms with Crippen molar-refractivity contribution in [3.05, 3.63) is 54.1 Å². The monoisotopic (exact) mass is 268 g/mol. The predicted octanol–water partition coefficient (Wildman–Crippen LogP) is 5.48. The van der Waals surface area contributed by atoms with E-state index in [1.165, 1.54) is 16.7 Å². The van der Waals surface area contributed by atoms with Gasteiger partial charge in [0.15, 0.2) is 0 Å². The van der Waals surface area contributed by atoms with Crippen LogP contribution in [0.4, 0.5) is 0 Å². The van der Waals surface area contributed by atoms with Crippen molar-refractivity contribution in [2.75, 3.05) is 6.61 Å². The van der Waals surface area contributed by atoms with Crippen LogP contribution in [-0.4, -0.2) is 6.61 Å². The maximum atomic E-state index is 6.01. The van der Waals surface area contributed by atoms with Crippen molar-refractivity contribution in [2.45, 2.75) is 34.1 Å². The third-order valence-electron chi connectivity index (χ3n) is 3.33. The molecule has 0 aliphatic carbocycles. The number of hydrogen-bond donors (Lipinski definition) is 0. The van der Waals surface area contributed by atoms with Gasteiger partial charge in [0, 0.05) is 5.56 Å². The Bertz CT molecular complexity index is 564. The number of ether oxygens (including phenoxy) is 1. The van der Waals surface area contributed by atoms with Crippen LogP contribution in [-0.2, 0) is 0 Å². The number of rotatable bonds is 4. The van der Waals surface area contributed by atoms with Crippen LogP contribution < -0.4 is 4.74 Å². The molecule has 0 heterocycles. The summed E-state index contributed by atoms with van der Waals surface area (Å²) in [5, 5.41) is 0. The lowest BCUT2D eigenvalue weighted by atomic mass is 9.93. The van der Waals surface area contributed by atoms with E-state index in [1.54, 1.807) is 0 Å². The molecule has 0 aliphatic rings. The summed E-state index contributed by atoms with van der Waals surface area (Å²) < 4.78 is 6.01. The first-order valence-corrected chi connectivity index (χ1v) is 7.25. The summed E-state index contributed by atoms with van der Waals surface area (Å²) in [6, 6.07) is 16.8. The average molecular weight is 268 g/mol. The first-order chi connectivity index (χ1) is 9.46. The Hall–Kier alpha value is -1.76. The van der Waals surface area contributed by atoms with Gasteiger partial charge in [-0.05, 0) is 30.4 Å². The van der Waals surface area contributed by atoms with Crippen molar-refractivity contribution in [1.29, 1.82) is 0 Å². The molecule has 0 amide bonds. The third kappa shape index (κ3) is 4.12. The second kappa shape index (κ2) is 6.13. The molecule has 2 aromatic carbocycles. The van der Waals surface area contributed by atoms with Crippen LogP contribution in [0.5, 0.6) is 5.75 Å². The van der Waals surface area contributed by atoms with Gasteiger partial charge in [0.2, 0.25) is 0 Å². The Morgan fingerprint density at radius 2 is 1.70 bits per heavy atom. The van der Waals surface area contributed by atoms with E-state index in [2.05, 4.69) is 70.2 Å². The summed E-state index contributed by atoms with van der Waals surface area (Å²) in [7, 11) is 0. The number of para-hydroxylation sites is 1. The standard InChI is InChI=1S/C19H24O/c1-15-8-7-9-16(14-15)17-10-5-6-11-18(17)20-13-12-19(2,3)4/h5-11,14H,12-13H2,1-4H3. The smallest absolute Gasteiger partial charge is 0.127 e. The Morgan fingerprint density at radius 1 is 0.950 bits per heavy atom. The fourth-order valence-corrected chi connectivity index (χ4v) is 2.11. The summed E-state index contributed by atoms with van der Waals surface area (Å²) in [6.07, 6.45) is 1.05. The zero-order valence-corrected chi connectivity index (χ0v) is 12.9. The van der Waals surface area contributed by atoms with E-state index in [4.69, 9.17) is 4.74 Å². The van der Waals surface area contributed by atoms with Gasteiger partial charge in [-0.25, -0.2) is 0 Å². The van der Waals surface area contributed by atoms with E-state index in [0.717, 1.165) is 18.8 Å². The maximum absolute atomic E-state index is 6.01. The maximum Gasteiger partial charge on any atom is 0.127 e. The Balaban J connectivity index is 2.18. The van der Waals surface area contributed by atoms with Gasteiger partial charge in [-0.2, -0.15) is 0 Å². The minimum absolute atomic E-state index is 0.304. The summed E-state index contributed by atoms with van der Waals surface area (Å²) in [5.41, 5.74) is 3.96. The zero-order valence-electron chi connectivity index (χ0n) is 12.9. The third-order valence-corrected chi connectivity index (χ3v) is 3.33. The van der Waals surface area contributed by atoms with Crippen LogP contribution in [0.1, 0.15) is 32.8 Å². The molecule has 0 atom stereocenters. The number of hydrogen-bond acceptors (Lipinski definition) is 1. The molecule has 0 unspecified atom stereocenters. The highest BCUT2D eigenvalue weighted by Crippen LogP contribution is 2.31. The van der Waals surface area contributed by atoms with Crippen molar-refractivity contribution in [2.24, 2.45) is 5.41 Å². The minimum atomic E-state index is 0.304. The van der Waals surface area contributed by atoms with Gasteiger partial charge in [0.1, 0.15) is 5.75 Å². The van der Waals surface area contributed by atoms with Gasteiger partial charge >= 0.3 is 0 Å². The van der Waals surface area contributed by atoms with E-state index < -0.39 is 0 Å². The van der Waals surface area contributed by atoms with Gasteiger partial charge in [0.05, 0.1) is 6.61 Å². The predicted molar refractivity (Wildman–Crippen MR) is 86.2 cm³/mol. The SMILES string of the molecule is Cc1cccc(-c2ccccc2OCCC(C)(C)C)c1.